The van der Waals surface area contributed by atoms with Gasteiger partial charge in [0.15, 0.2) is 0 Å². The highest BCUT2D eigenvalue weighted by atomic mass is 14.6. The fourth-order valence-electron chi connectivity index (χ4n) is 1.20. The van der Waals surface area contributed by atoms with Crippen LogP contribution in [-0.2, 0) is 0 Å². The monoisotopic (exact) mass is 188 g/mol. The molecule has 0 radical (unpaired) electrons. The second-order valence-corrected chi connectivity index (χ2v) is 3.35. The molecule has 0 aromatic heterocycles. The first kappa shape index (κ1) is 10.5. The van der Waals surface area contributed by atoms with E-state index in [1.54, 1.807) is 6.08 Å². The summed E-state index contributed by atoms with van der Waals surface area (Å²) in [7, 11) is 0. The molecule has 3 N–H and O–H groups in total. The smallest absolute Gasteiger partial charge is 0.0405 e. The summed E-state index contributed by atoms with van der Waals surface area (Å²) < 4.78 is 0. The highest BCUT2D eigenvalue weighted by Crippen LogP contribution is 2.11. The summed E-state index contributed by atoms with van der Waals surface area (Å²) in [5.41, 5.74) is 9.26. The summed E-state index contributed by atoms with van der Waals surface area (Å²) >= 11 is 0. The molecule has 1 aromatic rings. The van der Waals surface area contributed by atoms with Gasteiger partial charge >= 0.3 is 0 Å². The average Bonchev–Trinajstić information content (AvgIpc) is 2.17. The summed E-state index contributed by atoms with van der Waals surface area (Å²) in [5.74, 6) is 0. The quantitative estimate of drug-likeness (QED) is 0.704. The molecule has 2 heteroatoms. The van der Waals surface area contributed by atoms with Crippen molar-refractivity contribution in [2.24, 2.45) is 5.73 Å². The zero-order valence-corrected chi connectivity index (χ0v) is 8.67. The highest BCUT2D eigenvalue weighted by Gasteiger charge is 1.97. The van der Waals surface area contributed by atoms with E-state index in [1.165, 1.54) is 5.56 Å². The molecule has 0 bridgehead atoms. The van der Waals surface area contributed by atoms with E-state index in [0.29, 0.717) is 17.8 Å². The van der Waals surface area contributed by atoms with Crippen molar-refractivity contribution < 1.29 is 0 Å². The Labute approximate surface area is 85.0 Å². The van der Waals surface area contributed by atoms with E-state index in [9.17, 15) is 0 Å². The minimum atomic E-state index is 0.559. The average molecular weight is 188 g/mol. The van der Waals surface area contributed by atoms with Gasteiger partial charge in [0, 0.05) is 11.4 Å². The van der Waals surface area contributed by atoms with Crippen LogP contribution >= 0.6 is 0 Å². The van der Waals surface area contributed by atoms with Gasteiger partial charge in [-0.2, -0.15) is 0 Å². The molecule has 14 heavy (non-hydrogen) atoms. The predicted molar refractivity (Wildman–Crippen MR) is 61.4 cm³/mol. The number of allylic oxidation sites excluding steroid dienone is 1. The van der Waals surface area contributed by atoms with Gasteiger partial charge in [-0.15, -0.1) is 0 Å². The Hall–Kier alpha value is -1.57. The Morgan fingerprint density at radius 2 is 2.21 bits per heavy atom. The van der Waals surface area contributed by atoms with E-state index in [-0.39, 0.29) is 0 Å². The van der Waals surface area contributed by atoms with E-state index < -0.39 is 0 Å². The lowest BCUT2D eigenvalue weighted by atomic mass is 10.1. The number of benzene rings is 1. The lowest BCUT2D eigenvalue weighted by Crippen LogP contribution is -2.00. The van der Waals surface area contributed by atoms with Crippen molar-refractivity contribution in [2.75, 3.05) is 0 Å². The largest absolute Gasteiger partial charge is 0.398 e. The van der Waals surface area contributed by atoms with Crippen molar-refractivity contribution in [1.82, 2.24) is 0 Å². The van der Waals surface area contributed by atoms with Gasteiger partial charge in [0.1, 0.15) is 0 Å². The van der Waals surface area contributed by atoms with Gasteiger partial charge in [-0.25, -0.2) is 0 Å². The van der Waals surface area contributed by atoms with Crippen LogP contribution in [0.5, 0.6) is 0 Å². The van der Waals surface area contributed by atoms with E-state index in [1.807, 2.05) is 38.1 Å². The second kappa shape index (κ2) is 4.61. The van der Waals surface area contributed by atoms with E-state index in [4.69, 9.17) is 11.1 Å². The summed E-state index contributed by atoms with van der Waals surface area (Å²) in [6.45, 7) is 3.98. The van der Waals surface area contributed by atoms with Crippen LogP contribution in [0.4, 0.5) is 0 Å². The van der Waals surface area contributed by atoms with Crippen LogP contribution in [-0.4, -0.2) is 5.71 Å². The summed E-state index contributed by atoms with van der Waals surface area (Å²) in [6, 6.07) is 7.99. The summed E-state index contributed by atoms with van der Waals surface area (Å²) in [5, 5.41) is 7.51. The lowest BCUT2D eigenvalue weighted by Gasteiger charge is -2.02. The van der Waals surface area contributed by atoms with Crippen molar-refractivity contribution in [3.05, 3.63) is 41.5 Å². The van der Waals surface area contributed by atoms with Gasteiger partial charge in [0.25, 0.3) is 0 Å². The molecule has 0 aliphatic heterocycles. The second-order valence-electron chi connectivity index (χ2n) is 3.35. The van der Waals surface area contributed by atoms with Crippen molar-refractivity contribution in [3.63, 3.8) is 0 Å². The number of hydrogen-bond donors (Lipinski definition) is 2. The molecule has 0 atom stereocenters. The molecular formula is C12H16N2. The summed E-state index contributed by atoms with van der Waals surface area (Å²) in [4.78, 5) is 0. The van der Waals surface area contributed by atoms with Gasteiger partial charge in [0.05, 0.1) is 0 Å². The number of aryl methyl sites for hydroxylation is 1. The standard InChI is InChI=1S/C12H16N2/c1-3-11(13)8-12(14)10-6-4-5-9(2)7-10/h4-8,13H,3,14H2,1-2H3/b12-8-,13-11?. The fourth-order valence-corrected chi connectivity index (χ4v) is 1.20. The molecule has 0 aliphatic carbocycles. The maximum Gasteiger partial charge on any atom is 0.0405 e. The molecule has 0 saturated carbocycles. The minimum absolute atomic E-state index is 0.559. The van der Waals surface area contributed by atoms with Crippen LogP contribution in [0.1, 0.15) is 24.5 Å². The zero-order chi connectivity index (χ0) is 10.6. The Bertz CT molecular complexity index is 364. The molecule has 0 fully saturated rings. The highest BCUT2D eigenvalue weighted by molar-refractivity contribution is 5.98. The first-order valence-electron chi connectivity index (χ1n) is 4.75. The Kier molecular flexibility index (Phi) is 3.46. The molecule has 0 heterocycles. The number of rotatable bonds is 3. The van der Waals surface area contributed by atoms with Gasteiger partial charge < -0.3 is 11.1 Å². The van der Waals surface area contributed by atoms with Crippen molar-refractivity contribution in [3.8, 4) is 0 Å². The third-order valence-corrected chi connectivity index (χ3v) is 2.06. The van der Waals surface area contributed by atoms with Gasteiger partial charge in [0.2, 0.25) is 0 Å². The van der Waals surface area contributed by atoms with Crippen LogP contribution in [0.2, 0.25) is 0 Å². The minimum Gasteiger partial charge on any atom is -0.398 e. The normalized spacial score (nSPS) is 11.4. The lowest BCUT2D eigenvalue weighted by molar-refractivity contribution is 1.25. The van der Waals surface area contributed by atoms with E-state index in [0.717, 1.165) is 5.56 Å². The first-order valence-corrected chi connectivity index (χ1v) is 4.75. The van der Waals surface area contributed by atoms with Crippen LogP contribution in [0.3, 0.4) is 0 Å². The van der Waals surface area contributed by atoms with Crippen LogP contribution in [0, 0.1) is 12.3 Å². The van der Waals surface area contributed by atoms with E-state index >= 15 is 0 Å². The first-order chi connectivity index (χ1) is 6.63. The van der Waals surface area contributed by atoms with Gasteiger partial charge in [-0.3, -0.25) is 0 Å². The maximum absolute atomic E-state index is 7.51. The third-order valence-electron chi connectivity index (χ3n) is 2.06. The van der Waals surface area contributed by atoms with Crippen molar-refractivity contribution >= 4 is 11.4 Å². The van der Waals surface area contributed by atoms with Crippen LogP contribution in [0.25, 0.3) is 5.70 Å². The Balaban J connectivity index is 2.94. The molecule has 0 aliphatic rings. The van der Waals surface area contributed by atoms with Gasteiger partial charge in [-0.05, 0) is 31.1 Å². The van der Waals surface area contributed by atoms with Crippen LogP contribution in [0.15, 0.2) is 30.3 Å². The van der Waals surface area contributed by atoms with E-state index in [2.05, 4.69) is 0 Å². The van der Waals surface area contributed by atoms with Crippen molar-refractivity contribution in [2.45, 2.75) is 20.3 Å². The molecule has 0 spiro atoms. The Morgan fingerprint density at radius 1 is 1.50 bits per heavy atom. The molecule has 0 amide bonds. The summed E-state index contributed by atoms with van der Waals surface area (Å²) in [6.07, 6.45) is 2.43. The maximum atomic E-state index is 7.51. The molecule has 2 nitrogen and oxygen atoms in total. The van der Waals surface area contributed by atoms with Crippen molar-refractivity contribution in [1.29, 1.82) is 5.41 Å². The topological polar surface area (TPSA) is 49.9 Å². The molecule has 1 aromatic carbocycles. The molecule has 1 rings (SSSR count). The Morgan fingerprint density at radius 3 is 2.79 bits per heavy atom. The number of nitrogens with one attached hydrogen (secondary N) is 1. The molecule has 0 unspecified atom stereocenters. The molecular weight excluding hydrogens is 172 g/mol. The number of nitrogens with two attached hydrogens (primary N) is 1. The SMILES string of the molecule is CCC(=N)/C=C(\N)c1cccc(C)c1. The van der Waals surface area contributed by atoms with Gasteiger partial charge in [-0.1, -0.05) is 30.7 Å². The molecule has 0 saturated heterocycles. The number of hydrogen-bond acceptors (Lipinski definition) is 2. The third kappa shape index (κ3) is 2.73. The molecule has 74 valence electrons. The predicted octanol–water partition coefficient (Wildman–Crippen LogP) is 2.72. The fraction of sp³-hybridized carbons (Fsp3) is 0.250. The van der Waals surface area contributed by atoms with Crippen LogP contribution < -0.4 is 5.73 Å². The zero-order valence-electron chi connectivity index (χ0n) is 8.67.